The van der Waals surface area contributed by atoms with E-state index in [0.717, 1.165) is 26.1 Å². The second kappa shape index (κ2) is 6.99. The largest absolute Gasteiger partial charge is 0.306 e. The van der Waals surface area contributed by atoms with Gasteiger partial charge in [0.25, 0.3) is 0 Å². The number of benzene rings is 2. The predicted molar refractivity (Wildman–Crippen MR) is 88.5 cm³/mol. The summed E-state index contributed by atoms with van der Waals surface area (Å²) in [6, 6.07) is 7.26. The van der Waals surface area contributed by atoms with E-state index in [1.165, 1.54) is 12.1 Å². The molecule has 2 rings (SSSR count). The van der Waals surface area contributed by atoms with Crippen molar-refractivity contribution in [2.45, 2.75) is 19.9 Å². The van der Waals surface area contributed by atoms with Gasteiger partial charge in [0.15, 0.2) is 0 Å². The summed E-state index contributed by atoms with van der Waals surface area (Å²) >= 11 is 7.04. The Balaban J connectivity index is 2.55. The molecule has 0 heterocycles. The fourth-order valence-electron chi connectivity index (χ4n) is 2.24. The number of hydrogen-bond donors (Lipinski definition) is 1. The second-order valence-electron chi connectivity index (χ2n) is 4.82. The SMILES string of the molecule is CCNC(c1cc(F)cc(F)c1)c1cc(Br)c(C)cc1Br. The van der Waals surface area contributed by atoms with Crippen molar-refractivity contribution in [1.29, 1.82) is 0 Å². The molecular formula is C16H15Br2F2N. The third kappa shape index (κ3) is 3.90. The summed E-state index contributed by atoms with van der Waals surface area (Å²) in [6.45, 7) is 4.63. The zero-order valence-electron chi connectivity index (χ0n) is 11.7. The molecule has 1 unspecified atom stereocenters. The average Bonchev–Trinajstić information content (AvgIpc) is 2.39. The summed E-state index contributed by atoms with van der Waals surface area (Å²) in [7, 11) is 0. The monoisotopic (exact) mass is 417 g/mol. The van der Waals surface area contributed by atoms with Gasteiger partial charge in [-0.1, -0.05) is 38.8 Å². The standard InChI is InChI=1S/C16H15Br2F2N/c1-3-21-16(10-5-11(19)7-12(20)6-10)13-8-14(17)9(2)4-15(13)18/h4-8,16,21H,3H2,1-2H3. The van der Waals surface area contributed by atoms with Crippen molar-refractivity contribution in [3.8, 4) is 0 Å². The molecule has 0 aliphatic carbocycles. The summed E-state index contributed by atoms with van der Waals surface area (Å²) in [5, 5.41) is 3.27. The highest BCUT2D eigenvalue weighted by atomic mass is 79.9. The van der Waals surface area contributed by atoms with Gasteiger partial charge in [0.05, 0.1) is 6.04 Å². The molecule has 1 nitrogen and oxygen atoms in total. The Morgan fingerprint density at radius 2 is 1.62 bits per heavy atom. The first-order chi connectivity index (χ1) is 9.92. The van der Waals surface area contributed by atoms with Crippen molar-refractivity contribution < 1.29 is 8.78 Å². The van der Waals surface area contributed by atoms with Crippen LogP contribution >= 0.6 is 31.9 Å². The molecule has 2 aromatic rings. The minimum atomic E-state index is -0.574. The van der Waals surface area contributed by atoms with Gasteiger partial charge in [-0.2, -0.15) is 0 Å². The van der Waals surface area contributed by atoms with Gasteiger partial charge in [-0.25, -0.2) is 8.78 Å². The minimum Gasteiger partial charge on any atom is -0.306 e. The van der Waals surface area contributed by atoms with Crippen LogP contribution in [0.4, 0.5) is 8.78 Å². The van der Waals surface area contributed by atoms with Crippen molar-refractivity contribution in [3.63, 3.8) is 0 Å². The average molecular weight is 419 g/mol. The molecule has 21 heavy (non-hydrogen) atoms. The molecule has 5 heteroatoms. The van der Waals surface area contributed by atoms with E-state index in [1.54, 1.807) is 0 Å². The minimum absolute atomic E-state index is 0.286. The van der Waals surface area contributed by atoms with Crippen LogP contribution in [0.1, 0.15) is 29.7 Å². The van der Waals surface area contributed by atoms with Crippen molar-refractivity contribution >= 4 is 31.9 Å². The van der Waals surface area contributed by atoms with Crippen LogP contribution in [0, 0.1) is 18.6 Å². The molecule has 2 aromatic carbocycles. The molecule has 0 spiro atoms. The first-order valence-corrected chi connectivity index (χ1v) is 8.16. The maximum absolute atomic E-state index is 13.5. The Kier molecular flexibility index (Phi) is 5.52. The molecule has 0 aliphatic heterocycles. The van der Waals surface area contributed by atoms with E-state index < -0.39 is 11.6 Å². The van der Waals surface area contributed by atoms with Gasteiger partial charge < -0.3 is 5.32 Å². The van der Waals surface area contributed by atoms with Gasteiger partial charge in [0, 0.05) is 15.0 Å². The van der Waals surface area contributed by atoms with Gasteiger partial charge >= 0.3 is 0 Å². The topological polar surface area (TPSA) is 12.0 Å². The number of rotatable bonds is 4. The molecule has 0 radical (unpaired) electrons. The Morgan fingerprint density at radius 1 is 1.00 bits per heavy atom. The molecule has 1 N–H and O–H groups in total. The third-order valence-electron chi connectivity index (χ3n) is 3.22. The maximum Gasteiger partial charge on any atom is 0.126 e. The lowest BCUT2D eigenvalue weighted by Crippen LogP contribution is -2.22. The van der Waals surface area contributed by atoms with Crippen molar-refractivity contribution in [2.75, 3.05) is 6.54 Å². The van der Waals surface area contributed by atoms with Crippen molar-refractivity contribution in [1.82, 2.24) is 5.32 Å². The molecule has 0 saturated heterocycles. The Morgan fingerprint density at radius 3 is 2.19 bits per heavy atom. The quantitative estimate of drug-likeness (QED) is 0.691. The van der Waals surface area contributed by atoms with Gasteiger partial charge in [-0.15, -0.1) is 0 Å². The number of hydrogen-bond acceptors (Lipinski definition) is 1. The van der Waals surface area contributed by atoms with Gasteiger partial charge in [0.2, 0.25) is 0 Å². The highest BCUT2D eigenvalue weighted by molar-refractivity contribution is 9.11. The van der Waals surface area contributed by atoms with E-state index >= 15 is 0 Å². The second-order valence-corrected chi connectivity index (χ2v) is 6.53. The smallest absolute Gasteiger partial charge is 0.126 e. The van der Waals surface area contributed by atoms with Gasteiger partial charge in [0.1, 0.15) is 11.6 Å². The normalized spacial score (nSPS) is 12.5. The molecule has 0 aliphatic rings. The van der Waals surface area contributed by atoms with Crippen LogP contribution in [0.25, 0.3) is 0 Å². The Labute approximate surface area is 140 Å². The van der Waals surface area contributed by atoms with Crippen molar-refractivity contribution in [2.24, 2.45) is 0 Å². The van der Waals surface area contributed by atoms with Crippen molar-refractivity contribution in [3.05, 3.63) is 67.6 Å². The zero-order chi connectivity index (χ0) is 15.6. The van der Waals surface area contributed by atoms with Crippen LogP contribution in [0.3, 0.4) is 0 Å². The molecule has 0 saturated carbocycles. The van der Waals surface area contributed by atoms with Crippen LogP contribution in [0.2, 0.25) is 0 Å². The summed E-state index contributed by atoms with van der Waals surface area (Å²) in [5.74, 6) is -1.15. The lowest BCUT2D eigenvalue weighted by molar-refractivity contribution is 0.565. The lowest BCUT2D eigenvalue weighted by Gasteiger charge is -2.21. The van der Waals surface area contributed by atoms with Crippen LogP contribution in [0.15, 0.2) is 39.3 Å². The summed E-state index contributed by atoms with van der Waals surface area (Å²) in [5.41, 5.74) is 2.58. The van der Waals surface area contributed by atoms with Crippen LogP contribution in [0.5, 0.6) is 0 Å². The number of aryl methyl sites for hydroxylation is 1. The lowest BCUT2D eigenvalue weighted by atomic mass is 9.97. The fourth-order valence-corrected chi connectivity index (χ4v) is 3.28. The Hall–Kier alpha value is -0.780. The highest BCUT2D eigenvalue weighted by Crippen LogP contribution is 2.33. The van der Waals surface area contributed by atoms with Crippen LogP contribution in [-0.2, 0) is 0 Å². The maximum atomic E-state index is 13.5. The summed E-state index contributed by atoms with van der Waals surface area (Å²) < 4.78 is 28.9. The number of halogens is 4. The molecule has 0 amide bonds. The van der Waals surface area contributed by atoms with Crippen LogP contribution < -0.4 is 5.32 Å². The third-order valence-corrected chi connectivity index (χ3v) is 4.76. The number of nitrogens with one attached hydrogen (secondary N) is 1. The molecule has 1 atom stereocenters. The summed E-state index contributed by atoms with van der Waals surface area (Å²) in [4.78, 5) is 0. The molecule has 0 bridgehead atoms. The molecule has 0 aromatic heterocycles. The first-order valence-electron chi connectivity index (χ1n) is 6.57. The van der Waals surface area contributed by atoms with E-state index in [4.69, 9.17) is 0 Å². The summed E-state index contributed by atoms with van der Waals surface area (Å²) in [6.07, 6.45) is 0. The molecular weight excluding hydrogens is 404 g/mol. The van der Waals surface area contributed by atoms with Gasteiger partial charge in [-0.05, 0) is 54.4 Å². The molecule has 0 fully saturated rings. The van der Waals surface area contributed by atoms with E-state index in [1.807, 2.05) is 26.0 Å². The molecule has 112 valence electrons. The predicted octanol–water partition coefficient (Wildman–Crippen LogP) is 5.50. The van der Waals surface area contributed by atoms with Gasteiger partial charge in [-0.3, -0.25) is 0 Å². The highest BCUT2D eigenvalue weighted by Gasteiger charge is 2.18. The van der Waals surface area contributed by atoms with E-state index in [0.29, 0.717) is 12.1 Å². The first kappa shape index (κ1) is 16.6. The Bertz CT molecular complexity index is 639. The van der Waals surface area contributed by atoms with E-state index in [2.05, 4.69) is 37.2 Å². The zero-order valence-corrected chi connectivity index (χ0v) is 14.9. The van der Waals surface area contributed by atoms with E-state index in [9.17, 15) is 8.78 Å². The van der Waals surface area contributed by atoms with E-state index in [-0.39, 0.29) is 6.04 Å². The fraction of sp³-hybridized carbons (Fsp3) is 0.250. The van der Waals surface area contributed by atoms with Crippen LogP contribution in [-0.4, -0.2) is 6.54 Å².